The average molecular weight is 225 g/mol. The quantitative estimate of drug-likeness (QED) is 0.732. The molecule has 1 aromatic heterocycles. The fourth-order valence-electron chi connectivity index (χ4n) is 2.10. The topological polar surface area (TPSA) is 64.1 Å². The van der Waals surface area contributed by atoms with Crippen LogP contribution in [0.15, 0.2) is 12.4 Å². The van der Waals surface area contributed by atoms with E-state index in [1.54, 1.807) is 0 Å². The molecule has 0 fully saturated rings. The van der Waals surface area contributed by atoms with Gasteiger partial charge in [-0.25, -0.2) is 0 Å². The fraction of sp³-hybridized carbons (Fsp3) is 0.750. The minimum Gasteiger partial charge on any atom is -0.396 e. The molecule has 1 aromatic rings. The predicted octanol–water partition coefficient (Wildman–Crippen LogP) is 1.18. The van der Waals surface area contributed by atoms with Crippen LogP contribution in [0.25, 0.3) is 0 Å². The Balaban J connectivity index is 2.74. The number of nitrogens with two attached hydrogens (primary N) is 1. The second-order valence-electron chi connectivity index (χ2n) is 4.49. The highest BCUT2D eigenvalue weighted by Crippen LogP contribution is 2.27. The first-order valence-electron chi connectivity index (χ1n) is 6.02. The minimum absolute atomic E-state index is 0.147. The molecule has 0 spiro atoms. The van der Waals surface area contributed by atoms with Crippen molar-refractivity contribution in [2.24, 2.45) is 11.1 Å². The third-order valence-electron chi connectivity index (χ3n) is 3.14. The monoisotopic (exact) mass is 225 g/mol. The molecule has 3 N–H and O–H groups in total. The van der Waals surface area contributed by atoms with Crippen LogP contribution in [0.3, 0.4) is 0 Å². The zero-order valence-electron chi connectivity index (χ0n) is 10.3. The number of hydrogen-bond donors (Lipinski definition) is 2. The Hall–Kier alpha value is -0.870. The van der Waals surface area contributed by atoms with Crippen LogP contribution in [0.4, 0.5) is 0 Å². The summed E-state index contributed by atoms with van der Waals surface area (Å²) in [5.74, 6) is 0. The molecule has 0 aliphatic carbocycles. The Labute approximate surface area is 97.5 Å². The maximum Gasteiger partial charge on any atom is 0.0521 e. The lowest BCUT2D eigenvalue weighted by Gasteiger charge is -2.29. The highest BCUT2D eigenvalue weighted by molar-refractivity contribution is 5.08. The maximum absolute atomic E-state index is 9.53. The third-order valence-corrected chi connectivity index (χ3v) is 3.14. The fourth-order valence-corrected chi connectivity index (χ4v) is 2.10. The Kier molecular flexibility index (Phi) is 4.96. The van der Waals surface area contributed by atoms with E-state index in [1.165, 1.54) is 0 Å². The maximum atomic E-state index is 9.53. The van der Waals surface area contributed by atoms with Gasteiger partial charge in [0, 0.05) is 24.7 Å². The van der Waals surface area contributed by atoms with E-state index in [0.29, 0.717) is 6.54 Å². The van der Waals surface area contributed by atoms with E-state index in [4.69, 9.17) is 5.73 Å². The van der Waals surface area contributed by atoms with Gasteiger partial charge in [0.1, 0.15) is 0 Å². The Bertz CT molecular complexity index is 305. The Morgan fingerprint density at radius 3 is 2.69 bits per heavy atom. The van der Waals surface area contributed by atoms with Gasteiger partial charge in [-0.2, -0.15) is 5.10 Å². The molecule has 16 heavy (non-hydrogen) atoms. The van der Waals surface area contributed by atoms with Crippen molar-refractivity contribution in [3.8, 4) is 0 Å². The lowest BCUT2D eigenvalue weighted by atomic mass is 9.79. The van der Waals surface area contributed by atoms with Gasteiger partial charge >= 0.3 is 0 Å². The van der Waals surface area contributed by atoms with E-state index in [2.05, 4.69) is 18.9 Å². The molecule has 0 amide bonds. The number of hydrogen-bond acceptors (Lipinski definition) is 3. The summed E-state index contributed by atoms with van der Waals surface area (Å²) in [7, 11) is 0. The molecule has 0 aromatic carbocycles. The van der Waals surface area contributed by atoms with E-state index in [1.807, 2.05) is 17.1 Å². The Morgan fingerprint density at radius 2 is 2.25 bits per heavy atom. The van der Waals surface area contributed by atoms with E-state index < -0.39 is 0 Å². The molecule has 4 nitrogen and oxygen atoms in total. The van der Waals surface area contributed by atoms with Gasteiger partial charge in [0.25, 0.3) is 0 Å². The summed E-state index contributed by atoms with van der Waals surface area (Å²) in [5.41, 5.74) is 6.80. The second kappa shape index (κ2) is 6.01. The summed E-state index contributed by atoms with van der Waals surface area (Å²) in [6.07, 6.45) is 6.72. The SMILES string of the molecule is CCCC(CN)(CO)Cc1cnn(CC)c1. The molecule has 92 valence electrons. The van der Waals surface area contributed by atoms with Crippen molar-refractivity contribution < 1.29 is 5.11 Å². The number of aliphatic hydroxyl groups excluding tert-OH is 1. The van der Waals surface area contributed by atoms with E-state index in [9.17, 15) is 5.11 Å². The van der Waals surface area contributed by atoms with E-state index in [-0.39, 0.29) is 12.0 Å². The number of aryl methyl sites for hydroxylation is 1. The first-order valence-corrected chi connectivity index (χ1v) is 6.02. The number of aliphatic hydroxyl groups is 1. The van der Waals surface area contributed by atoms with Crippen molar-refractivity contribution in [3.05, 3.63) is 18.0 Å². The highest BCUT2D eigenvalue weighted by Gasteiger charge is 2.27. The molecular formula is C12H23N3O. The van der Waals surface area contributed by atoms with Gasteiger partial charge in [-0.05, 0) is 25.3 Å². The number of aromatic nitrogens is 2. The molecular weight excluding hydrogens is 202 g/mol. The lowest BCUT2D eigenvalue weighted by Crippen LogP contribution is -2.36. The van der Waals surface area contributed by atoms with Crippen molar-refractivity contribution in [1.82, 2.24) is 9.78 Å². The van der Waals surface area contributed by atoms with Crippen LogP contribution < -0.4 is 5.73 Å². The van der Waals surface area contributed by atoms with Crippen LogP contribution in [0.5, 0.6) is 0 Å². The molecule has 0 saturated carbocycles. The molecule has 1 atom stereocenters. The normalized spacial score (nSPS) is 15.0. The standard InChI is InChI=1S/C12H23N3O/c1-3-5-12(9-13,10-16)6-11-7-14-15(4-2)8-11/h7-8,16H,3-6,9-10,13H2,1-2H3. The first kappa shape index (κ1) is 13.2. The zero-order valence-corrected chi connectivity index (χ0v) is 10.3. The summed E-state index contributed by atoms with van der Waals surface area (Å²) >= 11 is 0. The van der Waals surface area contributed by atoms with Gasteiger partial charge in [0.2, 0.25) is 0 Å². The van der Waals surface area contributed by atoms with Gasteiger partial charge < -0.3 is 10.8 Å². The van der Waals surface area contributed by atoms with Gasteiger partial charge in [0.15, 0.2) is 0 Å². The molecule has 1 heterocycles. The van der Waals surface area contributed by atoms with Crippen molar-refractivity contribution in [2.45, 2.75) is 39.7 Å². The molecule has 0 aliphatic heterocycles. The number of rotatable bonds is 7. The molecule has 1 rings (SSSR count). The van der Waals surface area contributed by atoms with Crippen molar-refractivity contribution in [3.63, 3.8) is 0 Å². The van der Waals surface area contributed by atoms with Crippen molar-refractivity contribution in [2.75, 3.05) is 13.2 Å². The predicted molar refractivity (Wildman–Crippen MR) is 65.1 cm³/mol. The van der Waals surface area contributed by atoms with E-state index >= 15 is 0 Å². The summed E-state index contributed by atoms with van der Waals surface area (Å²) in [6, 6.07) is 0. The molecule has 0 saturated heterocycles. The smallest absolute Gasteiger partial charge is 0.0521 e. The van der Waals surface area contributed by atoms with Crippen LogP contribution in [0.1, 0.15) is 32.3 Å². The van der Waals surface area contributed by atoms with Crippen molar-refractivity contribution >= 4 is 0 Å². The third kappa shape index (κ3) is 3.06. The van der Waals surface area contributed by atoms with Crippen LogP contribution >= 0.6 is 0 Å². The second-order valence-corrected chi connectivity index (χ2v) is 4.49. The van der Waals surface area contributed by atoms with Gasteiger partial charge in [-0.3, -0.25) is 4.68 Å². The zero-order chi connectivity index (χ0) is 12.0. The van der Waals surface area contributed by atoms with Crippen LogP contribution in [0.2, 0.25) is 0 Å². The average Bonchev–Trinajstić information content (AvgIpc) is 2.76. The number of nitrogens with zero attached hydrogens (tertiary/aromatic N) is 2. The molecule has 4 heteroatoms. The molecule has 0 aliphatic rings. The van der Waals surface area contributed by atoms with Gasteiger partial charge in [-0.15, -0.1) is 0 Å². The summed E-state index contributed by atoms with van der Waals surface area (Å²) in [4.78, 5) is 0. The van der Waals surface area contributed by atoms with E-state index in [0.717, 1.165) is 31.4 Å². The Morgan fingerprint density at radius 1 is 1.50 bits per heavy atom. The lowest BCUT2D eigenvalue weighted by molar-refractivity contribution is 0.121. The van der Waals surface area contributed by atoms with Crippen LogP contribution in [-0.2, 0) is 13.0 Å². The summed E-state index contributed by atoms with van der Waals surface area (Å²) in [6.45, 7) is 5.73. The van der Waals surface area contributed by atoms with Crippen molar-refractivity contribution in [1.29, 1.82) is 0 Å². The summed E-state index contributed by atoms with van der Waals surface area (Å²) in [5, 5.41) is 13.8. The summed E-state index contributed by atoms with van der Waals surface area (Å²) < 4.78 is 1.90. The first-order chi connectivity index (χ1) is 7.69. The molecule has 0 bridgehead atoms. The van der Waals surface area contributed by atoms with Gasteiger partial charge in [-0.1, -0.05) is 13.3 Å². The molecule has 1 unspecified atom stereocenters. The minimum atomic E-state index is -0.170. The van der Waals surface area contributed by atoms with Crippen LogP contribution in [0, 0.1) is 5.41 Å². The largest absolute Gasteiger partial charge is 0.396 e. The van der Waals surface area contributed by atoms with Crippen LogP contribution in [-0.4, -0.2) is 28.0 Å². The highest BCUT2D eigenvalue weighted by atomic mass is 16.3. The molecule has 0 radical (unpaired) electrons. The van der Waals surface area contributed by atoms with Gasteiger partial charge in [0.05, 0.1) is 12.8 Å².